The molecule has 3 aromatic rings. The van der Waals surface area contributed by atoms with Gasteiger partial charge in [0.25, 0.3) is 0 Å². The zero-order valence-corrected chi connectivity index (χ0v) is 15.8. The van der Waals surface area contributed by atoms with Crippen molar-refractivity contribution in [1.29, 1.82) is 0 Å². The molecule has 0 aliphatic rings. The Morgan fingerprint density at radius 1 is 1.04 bits per heavy atom. The number of carbonyl (C=O) groups excluding carboxylic acids is 1. The molecule has 2 aromatic carbocycles. The van der Waals surface area contributed by atoms with Crippen molar-refractivity contribution in [2.24, 2.45) is 0 Å². The van der Waals surface area contributed by atoms with Gasteiger partial charge in [0, 0.05) is 21.7 Å². The third-order valence-corrected chi connectivity index (χ3v) is 5.17. The summed E-state index contributed by atoms with van der Waals surface area (Å²) in [5.74, 6) is 0.367. The van der Waals surface area contributed by atoms with Crippen molar-refractivity contribution in [2.45, 2.75) is 32.6 Å². The molecule has 0 fully saturated rings. The average Bonchev–Trinajstić information content (AvgIpc) is 2.56. The van der Waals surface area contributed by atoms with Crippen LogP contribution < -0.4 is 5.32 Å². The number of carbonyl (C=O) groups is 1. The quantitative estimate of drug-likeness (QED) is 0.658. The molecule has 0 saturated heterocycles. The normalized spacial score (nSPS) is 10.9. The van der Waals surface area contributed by atoms with Crippen LogP contribution in [0.4, 0.5) is 5.69 Å². The van der Waals surface area contributed by atoms with Crippen LogP contribution in [0.5, 0.6) is 0 Å². The Morgan fingerprint density at radius 2 is 1.76 bits per heavy atom. The van der Waals surface area contributed by atoms with Crippen molar-refractivity contribution in [3.05, 3.63) is 64.8 Å². The molecule has 0 radical (unpaired) electrons. The van der Waals surface area contributed by atoms with E-state index in [1.54, 1.807) is 0 Å². The van der Waals surface area contributed by atoms with E-state index in [9.17, 15) is 4.79 Å². The Morgan fingerprint density at radius 3 is 2.48 bits per heavy atom. The number of rotatable bonds is 4. The molecule has 3 nitrogen and oxygen atoms in total. The molecular formula is C21H22N2OS. The van der Waals surface area contributed by atoms with Gasteiger partial charge in [-0.25, -0.2) is 0 Å². The van der Waals surface area contributed by atoms with Crippen molar-refractivity contribution in [3.8, 4) is 0 Å². The summed E-state index contributed by atoms with van der Waals surface area (Å²) in [5, 5.41) is 4.15. The van der Waals surface area contributed by atoms with Crippen LogP contribution in [0.2, 0.25) is 0 Å². The minimum Gasteiger partial charge on any atom is -0.325 e. The predicted molar refractivity (Wildman–Crippen MR) is 106 cm³/mol. The molecule has 1 N–H and O–H groups in total. The molecule has 128 valence electrons. The highest BCUT2D eigenvalue weighted by atomic mass is 32.2. The third kappa shape index (κ3) is 4.02. The lowest BCUT2D eigenvalue weighted by molar-refractivity contribution is -0.113. The van der Waals surface area contributed by atoms with Gasteiger partial charge in [-0.05, 0) is 51.0 Å². The first-order valence-corrected chi connectivity index (χ1v) is 9.29. The molecule has 1 aromatic heterocycles. The molecule has 0 atom stereocenters. The number of hydrogen-bond acceptors (Lipinski definition) is 3. The summed E-state index contributed by atoms with van der Waals surface area (Å²) in [4.78, 5) is 18.1. The zero-order valence-electron chi connectivity index (χ0n) is 15.0. The molecule has 0 spiro atoms. The summed E-state index contributed by atoms with van der Waals surface area (Å²) < 4.78 is 0. The second-order valence-electron chi connectivity index (χ2n) is 6.39. The Balaban J connectivity index is 1.74. The van der Waals surface area contributed by atoms with Gasteiger partial charge in [0.2, 0.25) is 5.91 Å². The molecule has 0 aliphatic carbocycles. The number of amides is 1. The van der Waals surface area contributed by atoms with E-state index in [0.29, 0.717) is 5.75 Å². The van der Waals surface area contributed by atoms with Crippen LogP contribution in [0.15, 0.2) is 47.4 Å². The van der Waals surface area contributed by atoms with Gasteiger partial charge in [-0.2, -0.15) is 0 Å². The highest BCUT2D eigenvalue weighted by Gasteiger charge is 2.10. The lowest BCUT2D eigenvalue weighted by Gasteiger charge is -2.13. The van der Waals surface area contributed by atoms with Gasteiger partial charge in [-0.3, -0.25) is 9.78 Å². The minimum atomic E-state index is 0.00436. The average molecular weight is 350 g/mol. The number of para-hydroxylation sites is 1. The molecule has 4 heteroatoms. The van der Waals surface area contributed by atoms with E-state index in [-0.39, 0.29) is 5.91 Å². The number of nitrogens with one attached hydrogen (secondary N) is 1. The zero-order chi connectivity index (χ0) is 18.0. The smallest absolute Gasteiger partial charge is 0.234 e. The van der Waals surface area contributed by atoms with Crippen LogP contribution in [-0.4, -0.2) is 16.6 Å². The lowest BCUT2D eigenvalue weighted by Crippen LogP contribution is -2.16. The van der Waals surface area contributed by atoms with Gasteiger partial charge in [-0.1, -0.05) is 35.9 Å². The maximum absolute atomic E-state index is 12.4. The largest absolute Gasteiger partial charge is 0.325 e. The first-order valence-electron chi connectivity index (χ1n) is 8.31. The number of benzene rings is 2. The number of aryl methyl sites for hydroxylation is 4. The topological polar surface area (TPSA) is 42.0 Å². The van der Waals surface area contributed by atoms with E-state index in [1.807, 2.05) is 45.0 Å². The molecule has 25 heavy (non-hydrogen) atoms. The maximum Gasteiger partial charge on any atom is 0.234 e. The fourth-order valence-electron chi connectivity index (χ4n) is 3.03. The minimum absolute atomic E-state index is 0.00436. The number of fused-ring (bicyclic) bond motifs is 1. The molecule has 0 aliphatic heterocycles. The maximum atomic E-state index is 12.4. The fraction of sp³-hybridized carbons (Fsp3) is 0.238. The summed E-state index contributed by atoms with van der Waals surface area (Å²) in [6.45, 7) is 8.10. The van der Waals surface area contributed by atoms with Gasteiger partial charge >= 0.3 is 0 Å². The standard InChI is InChI=1S/C21H22N2OS/c1-13-10-14(2)20(15(3)11-13)23-19(24)12-25-18-7-5-6-17-9-8-16(4)22-21(17)18/h5-11H,12H2,1-4H3,(H,23,24). The SMILES string of the molecule is Cc1cc(C)c(NC(=O)CSc2cccc3ccc(C)nc23)c(C)c1. The van der Waals surface area contributed by atoms with E-state index in [1.165, 1.54) is 17.3 Å². The summed E-state index contributed by atoms with van der Waals surface area (Å²) in [6.07, 6.45) is 0. The fourth-order valence-corrected chi connectivity index (χ4v) is 3.86. The van der Waals surface area contributed by atoms with Gasteiger partial charge < -0.3 is 5.32 Å². The van der Waals surface area contributed by atoms with Crippen molar-refractivity contribution < 1.29 is 4.79 Å². The predicted octanol–water partition coefficient (Wildman–Crippen LogP) is 5.20. The molecular weight excluding hydrogens is 328 g/mol. The molecule has 0 bridgehead atoms. The van der Waals surface area contributed by atoms with Gasteiger partial charge in [0.1, 0.15) is 0 Å². The van der Waals surface area contributed by atoms with Crippen LogP contribution in [-0.2, 0) is 4.79 Å². The molecule has 3 rings (SSSR count). The van der Waals surface area contributed by atoms with E-state index in [2.05, 4.69) is 35.4 Å². The number of nitrogens with zero attached hydrogens (tertiary/aromatic N) is 1. The third-order valence-electron chi connectivity index (χ3n) is 4.12. The Bertz CT molecular complexity index is 927. The second kappa shape index (κ2) is 7.28. The molecule has 0 saturated carbocycles. The van der Waals surface area contributed by atoms with Crippen LogP contribution in [0.3, 0.4) is 0 Å². The molecule has 1 heterocycles. The highest BCUT2D eigenvalue weighted by molar-refractivity contribution is 8.00. The lowest BCUT2D eigenvalue weighted by atomic mass is 10.1. The van der Waals surface area contributed by atoms with E-state index < -0.39 is 0 Å². The van der Waals surface area contributed by atoms with E-state index >= 15 is 0 Å². The van der Waals surface area contributed by atoms with Crippen LogP contribution >= 0.6 is 11.8 Å². The summed E-state index contributed by atoms with van der Waals surface area (Å²) >= 11 is 1.53. The Labute approximate surface area is 152 Å². The molecule has 1 amide bonds. The van der Waals surface area contributed by atoms with E-state index in [0.717, 1.165) is 38.3 Å². The van der Waals surface area contributed by atoms with E-state index in [4.69, 9.17) is 0 Å². The van der Waals surface area contributed by atoms with Crippen LogP contribution in [0, 0.1) is 27.7 Å². The van der Waals surface area contributed by atoms with Crippen molar-refractivity contribution in [2.75, 3.05) is 11.1 Å². The second-order valence-corrected chi connectivity index (χ2v) is 7.41. The summed E-state index contributed by atoms with van der Waals surface area (Å²) in [7, 11) is 0. The van der Waals surface area contributed by atoms with Crippen molar-refractivity contribution >= 4 is 34.3 Å². The van der Waals surface area contributed by atoms with Gasteiger partial charge in [0.15, 0.2) is 0 Å². The summed E-state index contributed by atoms with van der Waals surface area (Å²) in [5.41, 5.74) is 6.26. The monoisotopic (exact) mass is 350 g/mol. The number of pyridine rings is 1. The Kier molecular flexibility index (Phi) is 5.09. The first-order chi connectivity index (χ1) is 11.9. The first kappa shape index (κ1) is 17.5. The van der Waals surface area contributed by atoms with Crippen LogP contribution in [0.25, 0.3) is 10.9 Å². The summed E-state index contributed by atoms with van der Waals surface area (Å²) in [6, 6.07) is 14.3. The van der Waals surface area contributed by atoms with Crippen LogP contribution in [0.1, 0.15) is 22.4 Å². The van der Waals surface area contributed by atoms with Crippen molar-refractivity contribution in [3.63, 3.8) is 0 Å². The number of aromatic nitrogens is 1. The highest BCUT2D eigenvalue weighted by Crippen LogP contribution is 2.27. The Hall–Kier alpha value is -2.33. The number of hydrogen-bond donors (Lipinski definition) is 1. The number of thioether (sulfide) groups is 1. The van der Waals surface area contributed by atoms with Gasteiger partial charge in [-0.15, -0.1) is 11.8 Å². The molecule has 0 unspecified atom stereocenters. The van der Waals surface area contributed by atoms with Crippen molar-refractivity contribution in [1.82, 2.24) is 4.98 Å². The van der Waals surface area contributed by atoms with Gasteiger partial charge in [0.05, 0.1) is 11.3 Å². The number of anilines is 1.